The van der Waals surface area contributed by atoms with Gasteiger partial charge >= 0.3 is 15.6 Å². The molecule has 142 valence electrons. The Kier molecular flexibility index (Phi) is 16.5. The third-order valence-corrected chi connectivity index (χ3v) is 3.94. The van der Waals surface area contributed by atoms with Gasteiger partial charge in [-0.15, -0.1) is 0 Å². The molecule has 0 amide bonds. The first kappa shape index (κ1) is 24.9. The first-order valence-electron chi connectivity index (χ1n) is 8.40. The maximum Gasteiger partial charge on any atom is 0.522 e. The molecule has 0 rings (SSSR count). The Morgan fingerprint density at radius 2 is 1.04 bits per heavy atom. The van der Waals surface area contributed by atoms with Crippen LogP contribution in [0.15, 0.2) is 0 Å². The zero-order valence-corrected chi connectivity index (χ0v) is 14.9. The summed E-state index contributed by atoms with van der Waals surface area (Å²) in [5, 5.41) is 0. The third kappa shape index (κ3) is 19.6. The maximum atomic E-state index is 10.7. The van der Waals surface area contributed by atoms with Crippen LogP contribution < -0.4 is 5.73 Å². The molecule has 0 atom stereocenters. The topological polar surface area (TPSA) is 80.4 Å². The van der Waals surface area contributed by atoms with Gasteiger partial charge in [0.05, 0.1) is 0 Å². The van der Waals surface area contributed by atoms with Crippen molar-refractivity contribution in [1.29, 1.82) is 0 Å². The fourth-order valence-electron chi connectivity index (χ4n) is 1.99. The van der Waals surface area contributed by atoms with E-state index in [-0.39, 0.29) is 0 Å². The highest BCUT2D eigenvalue weighted by atomic mass is 32.2. The minimum Gasteiger partial charge on any atom is -0.330 e. The number of unbranched alkanes of at least 4 members (excludes halogenated alkanes) is 11. The summed E-state index contributed by atoms with van der Waals surface area (Å²) in [6.07, 6.45) is 16.9. The van der Waals surface area contributed by atoms with Crippen molar-refractivity contribution in [2.75, 3.05) is 6.54 Å². The number of alkyl halides is 3. The van der Waals surface area contributed by atoms with Gasteiger partial charge in [0.2, 0.25) is 0 Å². The normalized spacial score (nSPS) is 11.9. The van der Waals surface area contributed by atoms with E-state index in [2.05, 4.69) is 6.92 Å². The zero-order chi connectivity index (χ0) is 18.2. The molecule has 0 radical (unpaired) electrons. The zero-order valence-electron chi connectivity index (χ0n) is 14.1. The maximum absolute atomic E-state index is 10.7. The van der Waals surface area contributed by atoms with E-state index in [1.807, 2.05) is 0 Å². The quantitative estimate of drug-likeness (QED) is 0.289. The van der Waals surface area contributed by atoms with Crippen LogP contribution in [0.25, 0.3) is 0 Å². The van der Waals surface area contributed by atoms with Crippen molar-refractivity contribution in [2.24, 2.45) is 5.73 Å². The molecule has 0 aromatic carbocycles. The molecule has 0 aromatic heterocycles. The second kappa shape index (κ2) is 15.2. The summed E-state index contributed by atoms with van der Waals surface area (Å²) in [5.74, 6) is 0. The van der Waals surface area contributed by atoms with Gasteiger partial charge in [0.25, 0.3) is 0 Å². The molecule has 0 saturated carbocycles. The first-order chi connectivity index (χ1) is 10.7. The standard InChI is InChI=1S/C14H31N.CHF3O3S/c1-2-3-4-5-6-7-8-9-10-11-12-13-14-15;2-1(3,4)8(5,6)7/h2-15H2,1H3;(H,5,6,7). The van der Waals surface area contributed by atoms with Crippen LogP contribution in [0, 0.1) is 0 Å². The highest BCUT2D eigenvalue weighted by molar-refractivity contribution is 7.86. The molecule has 0 bridgehead atoms. The lowest BCUT2D eigenvalue weighted by Gasteiger charge is -2.01. The van der Waals surface area contributed by atoms with E-state index in [1.54, 1.807) is 0 Å². The van der Waals surface area contributed by atoms with Crippen LogP contribution in [0.3, 0.4) is 0 Å². The number of nitrogens with two attached hydrogens (primary N) is 1. The van der Waals surface area contributed by atoms with E-state index in [9.17, 15) is 13.2 Å². The van der Waals surface area contributed by atoms with Crippen molar-refractivity contribution in [3.05, 3.63) is 0 Å². The van der Waals surface area contributed by atoms with Crippen molar-refractivity contribution < 1.29 is 26.1 Å². The van der Waals surface area contributed by atoms with Gasteiger partial charge in [-0.1, -0.05) is 77.6 Å². The number of halogens is 3. The molecule has 0 unspecified atom stereocenters. The van der Waals surface area contributed by atoms with Crippen molar-refractivity contribution in [3.63, 3.8) is 0 Å². The molecule has 0 fully saturated rings. The molecule has 8 heteroatoms. The molecule has 3 N–H and O–H groups in total. The van der Waals surface area contributed by atoms with Crippen LogP contribution >= 0.6 is 0 Å². The molecule has 0 aliphatic rings. The van der Waals surface area contributed by atoms with Crippen molar-refractivity contribution in [2.45, 2.75) is 89.5 Å². The SMILES string of the molecule is CCCCCCCCCCCCCCN.O=S(=O)(O)C(F)(F)F. The van der Waals surface area contributed by atoms with Crippen LogP contribution in [0.5, 0.6) is 0 Å². The summed E-state index contributed by atoms with van der Waals surface area (Å²) in [5.41, 5.74) is -0.0858. The average Bonchev–Trinajstić information content (AvgIpc) is 2.43. The smallest absolute Gasteiger partial charge is 0.330 e. The second-order valence-electron chi connectivity index (χ2n) is 5.60. The predicted octanol–water partition coefficient (Wildman–Crippen LogP) is 5.04. The molecule has 0 aromatic rings. The van der Waals surface area contributed by atoms with Crippen LogP contribution in [-0.4, -0.2) is 25.0 Å². The second-order valence-corrected chi connectivity index (χ2v) is 7.01. The van der Waals surface area contributed by atoms with Gasteiger partial charge in [0.1, 0.15) is 0 Å². The Hall–Kier alpha value is -0.340. The molecule has 0 heterocycles. The fraction of sp³-hybridized carbons (Fsp3) is 1.00. The molecular weight excluding hydrogens is 331 g/mol. The lowest BCUT2D eigenvalue weighted by atomic mass is 10.1. The van der Waals surface area contributed by atoms with Crippen LogP contribution in [0.2, 0.25) is 0 Å². The highest BCUT2D eigenvalue weighted by Crippen LogP contribution is 2.20. The fourth-order valence-corrected chi connectivity index (χ4v) is 1.99. The summed E-state index contributed by atoms with van der Waals surface area (Å²) >= 11 is 0. The minimum atomic E-state index is -5.84. The average molecular weight is 363 g/mol. The van der Waals surface area contributed by atoms with E-state index in [4.69, 9.17) is 18.7 Å². The Bertz CT molecular complexity index is 334. The van der Waals surface area contributed by atoms with Crippen LogP contribution in [0.4, 0.5) is 13.2 Å². The van der Waals surface area contributed by atoms with Crippen molar-refractivity contribution in [3.8, 4) is 0 Å². The van der Waals surface area contributed by atoms with E-state index in [0.29, 0.717) is 0 Å². The molecule has 23 heavy (non-hydrogen) atoms. The lowest BCUT2D eigenvalue weighted by molar-refractivity contribution is -0.0510. The van der Waals surface area contributed by atoms with Crippen LogP contribution in [-0.2, 0) is 10.1 Å². The summed E-state index contributed by atoms with van der Waals surface area (Å²) in [7, 11) is -5.84. The summed E-state index contributed by atoms with van der Waals surface area (Å²) < 4.78 is 57.5. The molecular formula is C15H32F3NO3S. The molecule has 0 aliphatic carbocycles. The monoisotopic (exact) mass is 363 g/mol. The summed E-state index contributed by atoms with van der Waals surface area (Å²) in [6.45, 7) is 3.15. The number of hydrogen-bond donors (Lipinski definition) is 2. The van der Waals surface area contributed by atoms with Gasteiger partial charge in [0.15, 0.2) is 0 Å². The highest BCUT2D eigenvalue weighted by Gasteiger charge is 2.44. The van der Waals surface area contributed by atoms with E-state index >= 15 is 0 Å². The Labute approximate surface area is 138 Å². The Morgan fingerprint density at radius 3 is 1.26 bits per heavy atom. The first-order valence-corrected chi connectivity index (χ1v) is 9.84. The number of rotatable bonds is 12. The van der Waals surface area contributed by atoms with E-state index in [1.165, 1.54) is 77.0 Å². The number of hydrogen-bond acceptors (Lipinski definition) is 3. The molecule has 0 spiro atoms. The van der Waals surface area contributed by atoms with E-state index in [0.717, 1.165) is 6.54 Å². The van der Waals surface area contributed by atoms with Gasteiger partial charge in [-0.05, 0) is 13.0 Å². The lowest BCUT2D eigenvalue weighted by Crippen LogP contribution is -2.21. The van der Waals surface area contributed by atoms with Gasteiger partial charge < -0.3 is 5.73 Å². The van der Waals surface area contributed by atoms with E-state index < -0.39 is 15.6 Å². The van der Waals surface area contributed by atoms with Crippen LogP contribution in [0.1, 0.15) is 84.0 Å². The third-order valence-electron chi connectivity index (χ3n) is 3.35. The Balaban J connectivity index is 0. The molecule has 0 saturated heterocycles. The predicted molar refractivity (Wildman–Crippen MR) is 87.7 cm³/mol. The largest absolute Gasteiger partial charge is 0.522 e. The van der Waals surface area contributed by atoms with Crippen molar-refractivity contribution in [1.82, 2.24) is 0 Å². The molecule has 0 aliphatic heterocycles. The van der Waals surface area contributed by atoms with Gasteiger partial charge in [0, 0.05) is 0 Å². The summed E-state index contributed by atoms with van der Waals surface area (Å²) in [6, 6.07) is 0. The minimum absolute atomic E-state index is 0.872. The Morgan fingerprint density at radius 1 is 0.783 bits per heavy atom. The van der Waals surface area contributed by atoms with Crippen molar-refractivity contribution >= 4 is 10.1 Å². The molecule has 4 nitrogen and oxygen atoms in total. The summed E-state index contributed by atoms with van der Waals surface area (Å²) in [4.78, 5) is 0. The van der Waals surface area contributed by atoms with Gasteiger partial charge in [-0.2, -0.15) is 21.6 Å². The van der Waals surface area contributed by atoms with Gasteiger partial charge in [-0.3, -0.25) is 4.55 Å². The van der Waals surface area contributed by atoms with Gasteiger partial charge in [-0.25, -0.2) is 0 Å².